The Balaban J connectivity index is 2.78. The Bertz CT molecular complexity index is 304. The molecule has 0 unspecified atom stereocenters. The zero-order valence-corrected chi connectivity index (χ0v) is 9.51. The predicted molar refractivity (Wildman–Crippen MR) is 54.2 cm³/mol. The molecule has 0 heterocycles. The summed E-state index contributed by atoms with van der Waals surface area (Å²) >= 11 is 0. The van der Waals surface area contributed by atoms with Gasteiger partial charge in [-0.1, -0.05) is 19.3 Å². The van der Waals surface area contributed by atoms with Gasteiger partial charge in [-0.2, -0.15) is 0 Å². The second kappa shape index (κ2) is 4.29. The van der Waals surface area contributed by atoms with E-state index in [-0.39, 0.29) is 5.25 Å². The maximum Gasteiger partial charge on any atom is 0.239 e. The third kappa shape index (κ3) is 2.26. The van der Waals surface area contributed by atoms with Crippen LogP contribution in [0.4, 0.5) is 0 Å². The Morgan fingerprint density at radius 2 is 1.71 bits per heavy atom. The molecule has 5 heteroatoms. The second-order valence-corrected chi connectivity index (χ2v) is 6.04. The molecule has 0 N–H and O–H groups in total. The number of nitrogens with zero attached hydrogens (tertiary/aromatic N) is 1. The molecule has 0 spiro atoms. The van der Waals surface area contributed by atoms with Gasteiger partial charge in [0.1, 0.15) is 0 Å². The lowest BCUT2D eigenvalue weighted by molar-refractivity contribution is -0.123. The zero-order valence-electron chi connectivity index (χ0n) is 8.69. The molecule has 0 atom stereocenters. The van der Waals surface area contributed by atoms with E-state index < -0.39 is 15.9 Å². The molecule has 1 rings (SSSR count). The summed E-state index contributed by atoms with van der Waals surface area (Å²) in [6.45, 7) is 1.28. The van der Waals surface area contributed by atoms with E-state index in [0.717, 1.165) is 23.6 Å². The van der Waals surface area contributed by atoms with Crippen molar-refractivity contribution >= 4 is 15.9 Å². The Morgan fingerprint density at radius 1 is 1.21 bits per heavy atom. The minimum Gasteiger partial charge on any atom is -0.274 e. The van der Waals surface area contributed by atoms with Crippen molar-refractivity contribution in [1.82, 2.24) is 4.31 Å². The van der Waals surface area contributed by atoms with Crippen LogP contribution in [0.3, 0.4) is 0 Å². The minimum absolute atomic E-state index is 0.342. The molecule has 0 aromatic heterocycles. The molecule has 0 bridgehead atoms. The average molecular weight is 219 g/mol. The third-order valence-corrected chi connectivity index (χ3v) is 5.13. The van der Waals surface area contributed by atoms with Crippen LogP contribution in [0, 0.1) is 0 Å². The first-order valence-electron chi connectivity index (χ1n) is 4.94. The largest absolute Gasteiger partial charge is 0.274 e. The highest BCUT2D eigenvalue weighted by atomic mass is 32.2. The van der Waals surface area contributed by atoms with Gasteiger partial charge in [0.05, 0.1) is 5.25 Å². The molecule has 14 heavy (non-hydrogen) atoms. The number of sulfonamides is 1. The van der Waals surface area contributed by atoms with Crippen LogP contribution >= 0.6 is 0 Å². The average Bonchev–Trinajstić information content (AvgIpc) is 2.18. The van der Waals surface area contributed by atoms with Crippen LogP contribution in [0.2, 0.25) is 0 Å². The maximum atomic E-state index is 11.8. The standard InChI is InChI=1S/C9H17NO3S/c1-8(11)10(2)14(12,13)9-6-4-3-5-7-9/h9H,3-7H2,1-2H3. The molecular formula is C9H17NO3S. The lowest BCUT2D eigenvalue weighted by Gasteiger charge is -2.26. The number of amides is 1. The fraction of sp³-hybridized carbons (Fsp3) is 0.889. The van der Waals surface area contributed by atoms with E-state index in [4.69, 9.17) is 0 Å². The van der Waals surface area contributed by atoms with Crippen LogP contribution in [0.1, 0.15) is 39.0 Å². The highest BCUT2D eigenvalue weighted by Gasteiger charge is 2.31. The quantitative estimate of drug-likeness (QED) is 0.699. The first-order chi connectivity index (χ1) is 6.46. The van der Waals surface area contributed by atoms with E-state index in [1.807, 2.05) is 0 Å². The number of rotatable bonds is 2. The molecular weight excluding hydrogens is 202 g/mol. The van der Waals surface area contributed by atoms with E-state index in [9.17, 15) is 13.2 Å². The van der Waals surface area contributed by atoms with Crippen molar-refractivity contribution in [1.29, 1.82) is 0 Å². The number of hydrogen-bond donors (Lipinski definition) is 0. The van der Waals surface area contributed by atoms with Gasteiger partial charge in [-0.15, -0.1) is 0 Å². The van der Waals surface area contributed by atoms with E-state index in [1.54, 1.807) is 0 Å². The molecule has 0 saturated heterocycles. The van der Waals surface area contributed by atoms with Crippen molar-refractivity contribution in [2.45, 2.75) is 44.3 Å². The normalized spacial score (nSPS) is 19.3. The molecule has 1 saturated carbocycles. The van der Waals surface area contributed by atoms with Gasteiger partial charge in [-0.3, -0.25) is 4.79 Å². The van der Waals surface area contributed by atoms with Crippen LogP contribution in [-0.2, 0) is 14.8 Å². The molecule has 0 aliphatic heterocycles. The van der Waals surface area contributed by atoms with Crippen LogP contribution < -0.4 is 0 Å². The van der Waals surface area contributed by atoms with Gasteiger partial charge in [0.15, 0.2) is 0 Å². The second-order valence-electron chi connectivity index (χ2n) is 3.79. The van der Waals surface area contributed by atoms with Crippen LogP contribution in [0.5, 0.6) is 0 Å². The first-order valence-corrected chi connectivity index (χ1v) is 6.45. The fourth-order valence-corrected chi connectivity index (χ4v) is 3.50. The van der Waals surface area contributed by atoms with Crippen LogP contribution in [0.15, 0.2) is 0 Å². The monoisotopic (exact) mass is 219 g/mol. The van der Waals surface area contributed by atoms with Crippen molar-refractivity contribution in [3.63, 3.8) is 0 Å². The van der Waals surface area contributed by atoms with Gasteiger partial charge in [-0.05, 0) is 12.8 Å². The molecule has 1 aliphatic carbocycles. The number of carbonyl (C=O) groups excluding carboxylic acids is 1. The molecule has 0 aromatic rings. The molecule has 1 fully saturated rings. The Labute approximate surface area is 85.3 Å². The summed E-state index contributed by atoms with van der Waals surface area (Å²) < 4.78 is 24.5. The van der Waals surface area contributed by atoms with E-state index in [0.29, 0.717) is 12.8 Å². The lowest BCUT2D eigenvalue weighted by atomic mass is 10.0. The highest BCUT2D eigenvalue weighted by Crippen LogP contribution is 2.25. The Morgan fingerprint density at radius 3 is 2.14 bits per heavy atom. The molecule has 4 nitrogen and oxygen atoms in total. The van der Waals surface area contributed by atoms with Gasteiger partial charge in [0, 0.05) is 14.0 Å². The van der Waals surface area contributed by atoms with Crippen molar-refractivity contribution in [3.05, 3.63) is 0 Å². The van der Waals surface area contributed by atoms with Gasteiger partial charge in [0.25, 0.3) is 0 Å². The van der Waals surface area contributed by atoms with E-state index in [1.165, 1.54) is 14.0 Å². The summed E-state index contributed by atoms with van der Waals surface area (Å²) in [6.07, 6.45) is 4.40. The van der Waals surface area contributed by atoms with Gasteiger partial charge < -0.3 is 0 Å². The van der Waals surface area contributed by atoms with Gasteiger partial charge in [0.2, 0.25) is 15.9 Å². The van der Waals surface area contributed by atoms with Crippen LogP contribution in [0.25, 0.3) is 0 Å². The highest BCUT2D eigenvalue weighted by molar-refractivity contribution is 7.90. The molecule has 82 valence electrons. The van der Waals surface area contributed by atoms with Gasteiger partial charge >= 0.3 is 0 Å². The SMILES string of the molecule is CC(=O)N(C)S(=O)(=O)C1CCCCC1. The fourth-order valence-electron chi connectivity index (χ4n) is 1.77. The topological polar surface area (TPSA) is 54.5 Å². The summed E-state index contributed by atoms with van der Waals surface area (Å²) in [6, 6.07) is 0. The van der Waals surface area contributed by atoms with Gasteiger partial charge in [-0.25, -0.2) is 12.7 Å². The minimum atomic E-state index is -3.38. The number of carbonyl (C=O) groups is 1. The maximum absolute atomic E-state index is 11.8. The van der Waals surface area contributed by atoms with E-state index >= 15 is 0 Å². The third-order valence-electron chi connectivity index (χ3n) is 2.80. The smallest absolute Gasteiger partial charge is 0.239 e. The summed E-state index contributed by atoms with van der Waals surface area (Å²) in [5.41, 5.74) is 0. The Kier molecular flexibility index (Phi) is 3.53. The van der Waals surface area contributed by atoms with E-state index in [2.05, 4.69) is 0 Å². The van der Waals surface area contributed by atoms with Crippen molar-refractivity contribution < 1.29 is 13.2 Å². The summed E-state index contributed by atoms with van der Waals surface area (Å²) in [5.74, 6) is -0.407. The molecule has 1 amide bonds. The summed E-state index contributed by atoms with van der Waals surface area (Å²) in [4.78, 5) is 11.0. The van der Waals surface area contributed by atoms with Crippen LogP contribution in [-0.4, -0.2) is 30.9 Å². The molecule has 1 aliphatic rings. The Hall–Kier alpha value is -0.580. The summed E-state index contributed by atoms with van der Waals surface area (Å²) in [7, 11) is -2.04. The lowest BCUT2D eigenvalue weighted by Crippen LogP contribution is -2.39. The number of hydrogen-bond acceptors (Lipinski definition) is 3. The first kappa shape index (κ1) is 11.5. The summed E-state index contributed by atoms with van der Waals surface area (Å²) in [5, 5.41) is -0.342. The molecule has 0 radical (unpaired) electrons. The predicted octanol–water partition coefficient (Wildman–Crippen LogP) is 1.13. The van der Waals surface area contributed by atoms with Crippen molar-refractivity contribution in [2.24, 2.45) is 0 Å². The molecule has 0 aromatic carbocycles. The van der Waals surface area contributed by atoms with Crippen molar-refractivity contribution in [3.8, 4) is 0 Å². The zero-order chi connectivity index (χ0) is 10.8. The van der Waals surface area contributed by atoms with Crippen molar-refractivity contribution in [2.75, 3.05) is 7.05 Å².